The van der Waals surface area contributed by atoms with Gasteiger partial charge in [0.2, 0.25) is 5.95 Å². The Bertz CT molecular complexity index is 561. The van der Waals surface area contributed by atoms with Crippen LogP contribution in [0, 0.1) is 5.92 Å². The molecule has 3 rings (SSSR count). The van der Waals surface area contributed by atoms with Crippen molar-refractivity contribution in [2.45, 2.75) is 32.2 Å². The summed E-state index contributed by atoms with van der Waals surface area (Å²) in [5.41, 5.74) is 8.19. The Balaban J connectivity index is 2.04. The van der Waals surface area contributed by atoms with Crippen molar-refractivity contribution in [3.63, 3.8) is 0 Å². The van der Waals surface area contributed by atoms with Gasteiger partial charge < -0.3 is 10.3 Å². The zero-order chi connectivity index (χ0) is 12.0. The predicted molar refractivity (Wildman–Crippen MR) is 73.9 cm³/mol. The minimum atomic E-state index is 0.564. The molecule has 0 radical (unpaired) electrons. The molecular weight excluding hydrogens is 278 g/mol. The number of nitrogen functional groups attached to an aromatic ring is 1. The number of imidazole rings is 1. The first-order chi connectivity index (χ1) is 8.20. The molecular formula is C13H16BrN3. The van der Waals surface area contributed by atoms with Crippen molar-refractivity contribution in [3.8, 4) is 0 Å². The van der Waals surface area contributed by atoms with Crippen molar-refractivity contribution >= 4 is 32.9 Å². The SMILES string of the molecule is CCCC1CC1n1c(N)nc2ccc(Br)cc21. The van der Waals surface area contributed by atoms with Gasteiger partial charge in [0.05, 0.1) is 11.0 Å². The third-order valence-corrected chi connectivity index (χ3v) is 4.05. The number of benzene rings is 1. The highest BCUT2D eigenvalue weighted by Crippen LogP contribution is 2.48. The van der Waals surface area contributed by atoms with E-state index in [1.807, 2.05) is 12.1 Å². The Kier molecular flexibility index (Phi) is 2.62. The van der Waals surface area contributed by atoms with Gasteiger partial charge in [-0.05, 0) is 37.0 Å². The maximum absolute atomic E-state index is 6.04. The van der Waals surface area contributed by atoms with Gasteiger partial charge in [0.15, 0.2) is 0 Å². The number of rotatable bonds is 3. The summed E-state index contributed by atoms with van der Waals surface area (Å²) in [5.74, 6) is 1.44. The molecule has 2 atom stereocenters. The van der Waals surface area contributed by atoms with Gasteiger partial charge in [0.25, 0.3) is 0 Å². The first kappa shape index (κ1) is 11.1. The number of nitrogens with two attached hydrogens (primary N) is 1. The average molecular weight is 294 g/mol. The molecule has 90 valence electrons. The highest BCUT2D eigenvalue weighted by atomic mass is 79.9. The van der Waals surface area contributed by atoms with Crippen LogP contribution < -0.4 is 5.73 Å². The standard InChI is InChI=1S/C13H16BrN3/c1-2-3-8-6-11(8)17-12-7-9(14)4-5-10(12)16-13(17)15/h4-5,7-8,11H,2-3,6H2,1H3,(H2,15,16). The third-order valence-electron chi connectivity index (χ3n) is 3.56. The van der Waals surface area contributed by atoms with Crippen LogP contribution in [0.5, 0.6) is 0 Å². The second kappa shape index (κ2) is 4.02. The van der Waals surface area contributed by atoms with Crippen molar-refractivity contribution in [3.05, 3.63) is 22.7 Å². The zero-order valence-corrected chi connectivity index (χ0v) is 11.4. The van der Waals surface area contributed by atoms with E-state index in [0.717, 1.165) is 21.4 Å². The molecule has 2 N–H and O–H groups in total. The molecule has 1 aliphatic carbocycles. The first-order valence-corrected chi connectivity index (χ1v) is 6.93. The van der Waals surface area contributed by atoms with Gasteiger partial charge in [0.1, 0.15) is 0 Å². The van der Waals surface area contributed by atoms with E-state index in [4.69, 9.17) is 5.73 Å². The second-order valence-corrected chi connectivity index (χ2v) is 5.74. The lowest BCUT2D eigenvalue weighted by molar-refractivity contribution is 0.622. The fourth-order valence-electron chi connectivity index (χ4n) is 2.66. The molecule has 3 nitrogen and oxygen atoms in total. The number of anilines is 1. The molecule has 1 aromatic carbocycles. The normalized spacial score (nSPS) is 23.2. The molecule has 0 aliphatic heterocycles. The summed E-state index contributed by atoms with van der Waals surface area (Å²) in [6, 6.07) is 6.70. The van der Waals surface area contributed by atoms with Gasteiger partial charge in [-0.25, -0.2) is 4.98 Å². The van der Waals surface area contributed by atoms with Crippen LogP contribution in [0.4, 0.5) is 5.95 Å². The van der Waals surface area contributed by atoms with Crippen LogP contribution in [0.1, 0.15) is 32.2 Å². The van der Waals surface area contributed by atoms with Gasteiger partial charge in [-0.1, -0.05) is 29.3 Å². The van der Waals surface area contributed by atoms with Gasteiger partial charge in [-0.15, -0.1) is 0 Å². The molecule has 2 unspecified atom stereocenters. The van der Waals surface area contributed by atoms with Crippen LogP contribution in [-0.4, -0.2) is 9.55 Å². The average Bonchev–Trinajstić information content (AvgIpc) is 2.94. The Morgan fingerprint density at radius 2 is 2.35 bits per heavy atom. The summed E-state index contributed by atoms with van der Waals surface area (Å²) in [4.78, 5) is 4.43. The van der Waals surface area contributed by atoms with E-state index in [9.17, 15) is 0 Å². The molecule has 1 heterocycles. The monoisotopic (exact) mass is 293 g/mol. The summed E-state index contributed by atoms with van der Waals surface area (Å²) in [5, 5.41) is 0. The van der Waals surface area contributed by atoms with E-state index < -0.39 is 0 Å². The molecule has 0 spiro atoms. The van der Waals surface area contributed by atoms with E-state index in [2.05, 4.69) is 38.5 Å². The number of halogens is 1. The molecule has 1 aliphatic rings. The van der Waals surface area contributed by atoms with Gasteiger partial charge in [0, 0.05) is 10.5 Å². The largest absolute Gasteiger partial charge is 0.369 e. The van der Waals surface area contributed by atoms with E-state index in [1.165, 1.54) is 19.3 Å². The van der Waals surface area contributed by atoms with Crippen molar-refractivity contribution < 1.29 is 0 Å². The summed E-state index contributed by atoms with van der Waals surface area (Å²) in [7, 11) is 0. The maximum atomic E-state index is 6.04. The highest BCUT2D eigenvalue weighted by molar-refractivity contribution is 9.10. The fourth-order valence-corrected chi connectivity index (χ4v) is 3.01. The van der Waals surface area contributed by atoms with Crippen LogP contribution in [0.3, 0.4) is 0 Å². The van der Waals surface area contributed by atoms with Crippen molar-refractivity contribution in [1.29, 1.82) is 0 Å². The number of hydrogen-bond donors (Lipinski definition) is 1. The molecule has 1 saturated carbocycles. The van der Waals surface area contributed by atoms with Crippen LogP contribution in [-0.2, 0) is 0 Å². The lowest BCUT2D eigenvalue weighted by atomic mass is 10.2. The number of hydrogen-bond acceptors (Lipinski definition) is 2. The summed E-state index contributed by atoms with van der Waals surface area (Å²) in [6.07, 6.45) is 3.78. The zero-order valence-electron chi connectivity index (χ0n) is 9.86. The van der Waals surface area contributed by atoms with E-state index >= 15 is 0 Å². The highest BCUT2D eigenvalue weighted by Gasteiger charge is 2.39. The smallest absolute Gasteiger partial charge is 0.201 e. The quantitative estimate of drug-likeness (QED) is 0.937. The van der Waals surface area contributed by atoms with E-state index in [0.29, 0.717) is 12.0 Å². The van der Waals surface area contributed by atoms with Gasteiger partial charge in [-0.2, -0.15) is 0 Å². The maximum Gasteiger partial charge on any atom is 0.201 e. The van der Waals surface area contributed by atoms with Gasteiger partial charge in [-0.3, -0.25) is 0 Å². The Labute approximate surface area is 109 Å². The Morgan fingerprint density at radius 3 is 3.12 bits per heavy atom. The number of fused-ring (bicyclic) bond motifs is 1. The number of aromatic nitrogens is 2. The minimum absolute atomic E-state index is 0.564. The molecule has 1 aromatic heterocycles. The predicted octanol–water partition coefficient (Wildman–Crippen LogP) is 3.74. The summed E-state index contributed by atoms with van der Waals surface area (Å²) < 4.78 is 3.29. The lowest BCUT2D eigenvalue weighted by Crippen LogP contribution is -2.02. The van der Waals surface area contributed by atoms with Gasteiger partial charge >= 0.3 is 0 Å². The third kappa shape index (κ3) is 1.84. The lowest BCUT2D eigenvalue weighted by Gasteiger charge is -2.05. The molecule has 0 amide bonds. The van der Waals surface area contributed by atoms with Crippen LogP contribution >= 0.6 is 15.9 Å². The topological polar surface area (TPSA) is 43.8 Å². The number of nitrogens with zero attached hydrogens (tertiary/aromatic N) is 2. The van der Waals surface area contributed by atoms with Crippen molar-refractivity contribution in [2.24, 2.45) is 5.92 Å². The minimum Gasteiger partial charge on any atom is -0.369 e. The van der Waals surface area contributed by atoms with Crippen LogP contribution in [0.15, 0.2) is 22.7 Å². The Morgan fingerprint density at radius 1 is 1.53 bits per heavy atom. The molecule has 0 saturated heterocycles. The van der Waals surface area contributed by atoms with Crippen LogP contribution in [0.25, 0.3) is 11.0 Å². The van der Waals surface area contributed by atoms with Crippen LogP contribution in [0.2, 0.25) is 0 Å². The summed E-state index contributed by atoms with van der Waals surface area (Å²) in [6.45, 7) is 2.24. The van der Waals surface area contributed by atoms with Crippen molar-refractivity contribution in [1.82, 2.24) is 9.55 Å². The second-order valence-electron chi connectivity index (χ2n) is 4.82. The molecule has 4 heteroatoms. The van der Waals surface area contributed by atoms with Crippen molar-refractivity contribution in [2.75, 3.05) is 5.73 Å². The fraction of sp³-hybridized carbons (Fsp3) is 0.462. The van der Waals surface area contributed by atoms with E-state index in [-0.39, 0.29) is 0 Å². The first-order valence-electron chi connectivity index (χ1n) is 6.13. The van der Waals surface area contributed by atoms with E-state index in [1.54, 1.807) is 0 Å². The molecule has 0 bridgehead atoms. The molecule has 2 aromatic rings. The molecule has 1 fully saturated rings. The molecule has 17 heavy (non-hydrogen) atoms. The Hall–Kier alpha value is -1.03. The summed E-state index contributed by atoms with van der Waals surface area (Å²) >= 11 is 3.51.